The molecule has 2 aromatic rings. The molecular weight excluding hydrogens is 422 g/mol. The van der Waals surface area contributed by atoms with Gasteiger partial charge >= 0.3 is 0 Å². The van der Waals surface area contributed by atoms with Crippen molar-refractivity contribution in [3.05, 3.63) is 71.8 Å². The maximum Gasteiger partial charge on any atom is 0.246 e. The second-order valence-electron chi connectivity index (χ2n) is 9.97. The third kappa shape index (κ3) is 4.85. The average Bonchev–Trinajstić information content (AvgIpc) is 2.87. The summed E-state index contributed by atoms with van der Waals surface area (Å²) < 4.78 is 0. The Morgan fingerprint density at radius 3 is 2.18 bits per heavy atom. The molecule has 3 heterocycles. The van der Waals surface area contributed by atoms with Crippen molar-refractivity contribution in [2.24, 2.45) is 16.8 Å². The summed E-state index contributed by atoms with van der Waals surface area (Å²) in [5.41, 5.74) is 2.07. The highest BCUT2D eigenvalue weighted by atomic mass is 16.2. The molecule has 0 bridgehead atoms. The van der Waals surface area contributed by atoms with Crippen LogP contribution in [0.15, 0.2) is 65.7 Å². The monoisotopic (exact) mass is 455 g/mol. The zero-order valence-electron chi connectivity index (χ0n) is 19.7. The van der Waals surface area contributed by atoms with Crippen molar-refractivity contribution in [1.82, 2.24) is 15.1 Å². The second-order valence-corrected chi connectivity index (χ2v) is 9.97. The van der Waals surface area contributed by atoms with Gasteiger partial charge in [-0.2, -0.15) is 5.26 Å². The van der Waals surface area contributed by atoms with Crippen LogP contribution < -0.4 is 5.32 Å². The summed E-state index contributed by atoms with van der Waals surface area (Å²) in [4.78, 5) is 22.7. The number of aliphatic imine (C=N–C) groups is 1. The third-order valence-electron chi connectivity index (χ3n) is 7.74. The lowest BCUT2D eigenvalue weighted by molar-refractivity contribution is -0.125. The molecular formula is C28H33N5O. The molecule has 1 spiro atoms. The van der Waals surface area contributed by atoms with E-state index in [-0.39, 0.29) is 5.91 Å². The first-order chi connectivity index (χ1) is 16.6. The Morgan fingerprint density at radius 2 is 1.56 bits per heavy atom. The number of benzene rings is 2. The lowest BCUT2D eigenvalue weighted by Gasteiger charge is -2.45. The largest absolute Gasteiger partial charge is 0.343 e. The van der Waals surface area contributed by atoms with Gasteiger partial charge in [0.05, 0.1) is 11.6 Å². The van der Waals surface area contributed by atoms with Gasteiger partial charge in [0.2, 0.25) is 11.9 Å². The molecule has 2 saturated heterocycles. The van der Waals surface area contributed by atoms with Crippen LogP contribution in [0.4, 0.5) is 0 Å². The van der Waals surface area contributed by atoms with E-state index in [0.29, 0.717) is 11.9 Å². The van der Waals surface area contributed by atoms with Crippen molar-refractivity contribution >= 4 is 11.9 Å². The van der Waals surface area contributed by atoms with Gasteiger partial charge in [-0.3, -0.25) is 15.0 Å². The molecule has 0 aromatic heterocycles. The lowest BCUT2D eigenvalue weighted by Crippen LogP contribution is -2.60. The number of nitrogens with one attached hydrogen (secondary N) is 1. The van der Waals surface area contributed by atoms with Crippen LogP contribution in [0.3, 0.4) is 0 Å². The molecule has 1 atom stereocenters. The van der Waals surface area contributed by atoms with Gasteiger partial charge < -0.3 is 4.90 Å². The van der Waals surface area contributed by atoms with E-state index in [1.54, 1.807) is 0 Å². The van der Waals surface area contributed by atoms with Crippen LogP contribution in [-0.4, -0.2) is 53.4 Å². The Bertz CT molecular complexity index is 1050. The maximum absolute atomic E-state index is 13.0. The van der Waals surface area contributed by atoms with Crippen LogP contribution in [-0.2, 0) is 17.8 Å². The topological polar surface area (TPSA) is 71.7 Å². The van der Waals surface area contributed by atoms with E-state index in [1.807, 2.05) is 6.07 Å². The molecule has 176 valence electrons. The van der Waals surface area contributed by atoms with Crippen molar-refractivity contribution in [3.8, 4) is 6.07 Å². The predicted molar refractivity (Wildman–Crippen MR) is 133 cm³/mol. The number of hydrogen-bond acceptors (Lipinski definition) is 5. The molecule has 1 amide bonds. The van der Waals surface area contributed by atoms with Gasteiger partial charge in [0.1, 0.15) is 0 Å². The SMILES string of the molecule is N#CC1C(=O)NC(N2CCC(Cc3ccccc3)CC2)=NC12CCN(Cc1ccccc1)CC2. The number of carbonyl (C=O) groups excluding carboxylic acids is 1. The summed E-state index contributed by atoms with van der Waals surface area (Å²) in [6.07, 6.45) is 4.75. The minimum Gasteiger partial charge on any atom is -0.343 e. The van der Waals surface area contributed by atoms with Gasteiger partial charge in [-0.15, -0.1) is 0 Å². The first kappa shape index (κ1) is 22.6. The third-order valence-corrected chi connectivity index (χ3v) is 7.74. The molecule has 0 saturated carbocycles. The Balaban J connectivity index is 1.24. The Morgan fingerprint density at radius 1 is 0.941 bits per heavy atom. The zero-order valence-corrected chi connectivity index (χ0v) is 19.7. The van der Waals surface area contributed by atoms with Crippen molar-refractivity contribution in [1.29, 1.82) is 5.26 Å². The van der Waals surface area contributed by atoms with E-state index in [4.69, 9.17) is 4.99 Å². The van der Waals surface area contributed by atoms with Crippen molar-refractivity contribution < 1.29 is 4.79 Å². The highest BCUT2D eigenvalue weighted by molar-refractivity contribution is 6.02. The summed E-state index contributed by atoms with van der Waals surface area (Å²) in [7, 11) is 0. The quantitative estimate of drug-likeness (QED) is 0.765. The Labute approximate surface area is 202 Å². The van der Waals surface area contributed by atoms with Gasteiger partial charge in [-0.1, -0.05) is 60.7 Å². The molecule has 3 aliphatic rings. The smallest absolute Gasteiger partial charge is 0.246 e. The van der Waals surface area contributed by atoms with Crippen molar-refractivity contribution in [2.75, 3.05) is 26.2 Å². The molecule has 34 heavy (non-hydrogen) atoms. The molecule has 3 aliphatic heterocycles. The summed E-state index contributed by atoms with van der Waals surface area (Å²) in [5.74, 6) is 0.438. The number of rotatable bonds is 4. The summed E-state index contributed by atoms with van der Waals surface area (Å²) in [6.45, 7) is 4.37. The number of amides is 1. The minimum absolute atomic E-state index is 0.185. The van der Waals surface area contributed by atoms with Gasteiger partial charge in [0.15, 0.2) is 5.92 Å². The normalized spacial score (nSPS) is 23.3. The predicted octanol–water partition coefficient (Wildman–Crippen LogP) is 3.60. The molecule has 6 heteroatoms. The highest BCUT2D eigenvalue weighted by Gasteiger charge is 2.49. The lowest BCUT2D eigenvalue weighted by atomic mass is 9.76. The fourth-order valence-electron chi connectivity index (χ4n) is 5.70. The number of hydrogen-bond donors (Lipinski definition) is 1. The molecule has 2 fully saturated rings. The number of piperidine rings is 2. The molecule has 6 nitrogen and oxygen atoms in total. The Hall–Kier alpha value is -3.17. The number of carbonyl (C=O) groups is 1. The number of nitriles is 1. The van der Waals surface area contributed by atoms with E-state index in [2.05, 4.69) is 75.8 Å². The van der Waals surface area contributed by atoms with Crippen LogP contribution in [0, 0.1) is 23.2 Å². The van der Waals surface area contributed by atoms with Gasteiger partial charge in [-0.25, -0.2) is 4.99 Å². The molecule has 0 radical (unpaired) electrons. The van der Waals surface area contributed by atoms with Gasteiger partial charge in [-0.05, 0) is 49.1 Å². The number of nitrogens with zero attached hydrogens (tertiary/aromatic N) is 4. The summed E-state index contributed by atoms with van der Waals surface area (Å²) in [6, 6.07) is 23.4. The molecule has 5 rings (SSSR count). The van der Waals surface area contributed by atoms with Crippen LogP contribution in [0.5, 0.6) is 0 Å². The van der Waals surface area contributed by atoms with E-state index < -0.39 is 11.5 Å². The average molecular weight is 456 g/mol. The van der Waals surface area contributed by atoms with Crippen LogP contribution in [0.2, 0.25) is 0 Å². The van der Waals surface area contributed by atoms with Crippen LogP contribution in [0.1, 0.15) is 36.8 Å². The standard InChI is InChI=1S/C28H33N5O/c29-20-25-26(34)30-27(33-15-11-23(12-16-33)19-22-7-3-1-4-8-22)31-28(25)13-17-32(18-14-28)21-24-9-5-2-6-10-24/h1-10,23,25H,11-19,21H2,(H,30,31,34). The Kier molecular flexibility index (Phi) is 6.64. The van der Waals surface area contributed by atoms with Crippen LogP contribution in [0.25, 0.3) is 0 Å². The van der Waals surface area contributed by atoms with Crippen LogP contribution >= 0.6 is 0 Å². The van der Waals surface area contributed by atoms with Crippen molar-refractivity contribution in [3.63, 3.8) is 0 Å². The summed E-state index contributed by atoms with van der Waals surface area (Å²) in [5, 5.41) is 12.8. The molecule has 2 aromatic carbocycles. The highest BCUT2D eigenvalue weighted by Crippen LogP contribution is 2.37. The first-order valence-electron chi connectivity index (χ1n) is 12.5. The van der Waals surface area contributed by atoms with E-state index in [0.717, 1.165) is 64.8 Å². The summed E-state index contributed by atoms with van der Waals surface area (Å²) >= 11 is 0. The maximum atomic E-state index is 13.0. The fourth-order valence-corrected chi connectivity index (χ4v) is 5.70. The second kappa shape index (κ2) is 9.99. The first-order valence-corrected chi connectivity index (χ1v) is 12.5. The van der Waals surface area contributed by atoms with E-state index in [1.165, 1.54) is 11.1 Å². The molecule has 0 aliphatic carbocycles. The van der Waals surface area contributed by atoms with Crippen molar-refractivity contribution in [2.45, 2.75) is 44.2 Å². The van der Waals surface area contributed by atoms with E-state index >= 15 is 0 Å². The fraction of sp³-hybridized carbons (Fsp3) is 0.464. The molecule has 1 N–H and O–H groups in total. The number of guanidine groups is 1. The molecule has 1 unspecified atom stereocenters. The zero-order chi connectivity index (χ0) is 23.4. The van der Waals surface area contributed by atoms with Gasteiger partial charge in [0, 0.05) is 32.7 Å². The minimum atomic E-state index is -0.717. The van der Waals surface area contributed by atoms with Gasteiger partial charge in [0.25, 0.3) is 0 Å². The van der Waals surface area contributed by atoms with E-state index in [9.17, 15) is 10.1 Å². The number of likely N-dealkylation sites (tertiary alicyclic amines) is 2.